The quantitative estimate of drug-likeness (QED) is 0.0447. The number of unbranched alkanes of at least 4 members (excludes halogenated alkanes) is 11. The van der Waals surface area contributed by atoms with Crippen LogP contribution in [0.15, 0.2) is 71.9 Å². The van der Waals surface area contributed by atoms with Crippen LogP contribution in [-0.2, 0) is 25.7 Å². The summed E-state index contributed by atoms with van der Waals surface area (Å²) in [7, 11) is 0. The molecule has 2 aliphatic carbocycles. The summed E-state index contributed by atoms with van der Waals surface area (Å²) in [6.45, 7) is 10.1. The van der Waals surface area contributed by atoms with E-state index in [0.29, 0.717) is 56.1 Å². The van der Waals surface area contributed by atoms with E-state index in [1.807, 2.05) is 23.1 Å². The van der Waals surface area contributed by atoms with Crippen molar-refractivity contribution >= 4 is 11.8 Å². The summed E-state index contributed by atoms with van der Waals surface area (Å²) in [5, 5.41) is 24.9. The van der Waals surface area contributed by atoms with Crippen molar-refractivity contribution < 1.29 is 47.9 Å². The SMILES string of the molecule is C=CCO[C@@]12Oc3ccc(OCc4ccccc4F)cc3[C@H]3[C@H](CCCCO)[C@@H](CCCCO)C=C(C(=NOC4CCCCO4)C[C@@H]1N(CCC)C(=O)OCCCCCCCCCCCC)[C@H]32. The fraction of sp³-hybridized carbons (Fsp3) is 0.673. The van der Waals surface area contributed by atoms with E-state index in [4.69, 9.17) is 33.7 Å². The molecule has 1 saturated carbocycles. The van der Waals surface area contributed by atoms with E-state index in [0.717, 1.165) is 81.1 Å². The summed E-state index contributed by atoms with van der Waals surface area (Å²) in [6, 6.07) is 11.7. The van der Waals surface area contributed by atoms with Gasteiger partial charge in [-0.15, -0.1) is 6.58 Å². The molecule has 1 saturated heterocycles. The van der Waals surface area contributed by atoms with E-state index in [1.165, 1.54) is 51.0 Å². The van der Waals surface area contributed by atoms with Crippen LogP contribution in [0.4, 0.5) is 9.18 Å². The molecule has 2 heterocycles. The number of carbonyl (C=O) groups is 1. The first kappa shape index (κ1) is 52.4. The summed E-state index contributed by atoms with van der Waals surface area (Å²) in [6.07, 6.45) is 23.2. The second kappa shape index (κ2) is 27.9. The van der Waals surface area contributed by atoms with E-state index in [-0.39, 0.29) is 56.4 Å². The number of halogens is 1. The summed E-state index contributed by atoms with van der Waals surface area (Å²) >= 11 is 0. The molecule has 2 aromatic rings. The monoisotopic (exact) mass is 933 g/mol. The highest BCUT2D eigenvalue weighted by molar-refractivity contribution is 6.03. The molecular formula is C55H81FN2O9. The fourth-order valence-corrected chi connectivity index (χ4v) is 10.9. The Labute approximate surface area is 400 Å². The Bertz CT molecular complexity index is 1870. The second-order valence-electron chi connectivity index (χ2n) is 19.0. The van der Waals surface area contributed by atoms with Crippen molar-refractivity contribution in [1.82, 2.24) is 4.90 Å². The van der Waals surface area contributed by atoms with E-state index in [2.05, 4.69) is 26.5 Å². The maximum atomic E-state index is 14.8. The first-order chi connectivity index (χ1) is 32.9. The zero-order chi connectivity index (χ0) is 47.3. The van der Waals surface area contributed by atoms with Gasteiger partial charge in [-0.2, -0.15) is 0 Å². The molecule has 2 aliphatic heterocycles. The van der Waals surface area contributed by atoms with Crippen LogP contribution in [0.3, 0.4) is 0 Å². The van der Waals surface area contributed by atoms with Crippen LogP contribution >= 0.6 is 0 Å². The molecule has 2 aromatic carbocycles. The lowest BCUT2D eigenvalue weighted by Gasteiger charge is -2.60. The third-order valence-electron chi connectivity index (χ3n) is 14.2. The summed E-state index contributed by atoms with van der Waals surface area (Å²) < 4.78 is 47.9. The lowest BCUT2D eigenvalue weighted by molar-refractivity contribution is -0.255. The van der Waals surface area contributed by atoms with Gasteiger partial charge in [-0.3, -0.25) is 4.90 Å². The molecule has 11 nitrogen and oxygen atoms in total. The molecule has 7 atom stereocenters. The normalized spacial score (nSPS) is 24.8. The number of hydrogen-bond acceptors (Lipinski definition) is 10. The van der Waals surface area contributed by atoms with Gasteiger partial charge in [0.05, 0.1) is 31.5 Å². The Kier molecular flexibility index (Phi) is 21.8. The van der Waals surface area contributed by atoms with Crippen LogP contribution in [-0.4, -0.2) is 84.6 Å². The fourth-order valence-electron chi connectivity index (χ4n) is 10.9. The zero-order valence-corrected chi connectivity index (χ0v) is 40.7. The molecule has 2 N–H and O–H groups in total. The average Bonchev–Trinajstić information content (AvgIpc) is 3.34. The number of hydrogen-bond donors (Lipinski definition) is 2. The molecule has 372 valence electrons. The molecule has 4 aliphatic rings. The number of ether oxygens (including phenoxy) is 5. The number of aliphatic hydroxyl groups excluding tert-OH is 2. The average molecular weight is 933 g/mol. The van der Waals surface area contributed by atoms with E-state index >= 15 is 0 Å². The van der Waals surface area contributed by atoms with E-state index < -0.39 is 30.1 Å². The summed E-state index contributed by atoms with van der Waals surface area (Å²) in [5.74, 6) is -1.12. The number of benzene rings is 2. The van der Waals surface area contributed by atoms with Crippen LogP contribution in [0.2, 0.25) is 0 Å². The molecule has 0 aromatic heterocycles. The topological polar surface area (TPSA) is 129 Å². The highest BCUT2D eigenvalue weighted by atomic mass is 19.1. The van der Waals surface area contributed by atoms with Crippen LogP contribution in [0.1, 0.15) is 166 Å². The molecule has 6 rings (SSSR count). The van der Waals surface area contributed by atoms with E-state index in [9.17, 15) is 19.4 Å². The maximum Gasteiger partial charge on any atom is 0.410 e. The number of nitrogens with zero attached hydrogens (tertiary/aromatic N) is 2. The zero-order valence-electron chi connectivity index (χ0n) is 40.7. The summed E-state index contributed by atoms with van der Waals surface area (Å²) in [5.41, 5.74) is 3.06. The van der Waals surface area contributed by atoms with Crippen LogP contribution in [0.5, 0.6) is 11.5 Å². The largest absolute Gasteiger partial charge is 0.489 e. The first-order valence-corrected chi connectivity index (χ1v) is 26.0. The van der Waals surface area contributed by atoms with Gasteiger partial charge in [0.25, 0.3) is 0 Å². The predicted octanol–water partition coefficient (Wildman–Crippen LogP) is 12.3. The molecule has 2 fully saturated rings. The van der Waals surface area contributed by atoms with Crippen molar-refractivity contribution in [3.05, 3.63) is 83.7 Å². The van der Waals surface area contributed by atoms with Crippen molar-refractivity contribution in [1.29, 1.82) is 0 Å². The maximum absolute atomic E-state index is 14.8. The highest BCUT2D eigenvalue weighted by Gasteiger charge is 2.65. The molecule has 12 heteroatoms. The number of carbonyl (C=O) groups excluding carboxylic acids is 1. The highest BCUT2D eigenvalue weighted by Crippen LogP contribution is 2.62. The number of rotatable bonds is 30. The van der Waals surface area contributed by atoms with Crippen molar-refractivity contribution in [2.45, 2.75) is 179 Å². The minimum absolute atomic E-state index is 0.0423. The van der Waals surface area contributed by atoms with Crippen molar-refractivity contribution in [2.24, 2.45) is 22.9 Å². The number of aliphatic hydroxyl groups is 2. The van der Waals surface area contributed by atoms with Gasteiger partial charge in [0, 0.05) is 49.6 Å². The molecule has 67 heavy (non-hydrogen) atoms. The molecule has 1 unspecified atom stereocenters. The number of oxime groups is 1. The van der Waals surface area contributed by atoms with Crippen LogP contribution in [0, 0.1) is 23.6 Å². The minimum Gasteiger partial charge on any atom is -0.489 e. The van der Waals surface area contributed by atoms with Gasteiger partial charge in [0.1, 0.15) is 30.0 Å². The number of fused-ring (bicyclic) bond motifs is 2. The molecule has 1 amide bonds. The molecule has 0 spiro atoms. The van der Waals surface area contributed by atoms with Gasteiger partial charge in [-0.25, -0.2) is 9.18 Å². The van der Waals surface area contributed by atoms with Crippen LogP contribution in [0.25, 0.3) is 0 Å². The molecular weight excluding hydrogens is 852 g/mol. The second-order valence-corrected chi connectivity index (χ2v) is 19.0. The lowest BCUT2D eigenvalue weighted by atomic mass is 9.55. The Morgan fingerprint density at radius 2 is 1.67 bits per heavy atom. The number of allylic oxidation sites excluding steroid dienone is 1. The van der Waals surface area contributed by atoms with Gasteiger partial charge in [-0.1, -0.05) is 120 Å². The molecule has 0 radical (unpaired) electrons. The van der Waals surface area contributed by atoms with Gasteiger partial charge in [0.2, 0.25) is 12.1 Å². The third-order valence-corrected chi connectivity index (χ3v) is 14.2. The van der Waals surface area contributed by atoms with Crippen molar-refractivity contribution in [3.63, 3.8) is 0 Å². The summed E-state index contributed by atoms with van der Waals surface area (Å²) in [4.78, 5) is 22.8. The smallest absolute Gasteiger partial charge is 0.410 e. The van der Waals surface area contributed by atoms with Gasteiger partial charge in [-0.05, 0) is 93.0 Å². The van der Waals surface area contributed by atoms with Crippen molar-refractivity contribution in [2.75, 3.05) is 39.6 Å². The van der Waals surface area contributed by atoms with Crippen molar-refractivity contribution in [3.8, 4) is 11.5 Å². The third kappa shape index (κ3) is 14.1. The van der Waals surface area contributed by atoms with Crippen LogP contribution < -0.4 is 9.47 Å². The van der Waals surface area contributed by atoms with Gasteiger partial charge < -0.3 is 38.7 Å². The standard InChI is InChI=1S/C55H81FN2O9/c1-4-7-8-9-10-11-12-13-14-22-36-63-54(61)58(31-5-2)50-39-48(57-67-51-28-19-23-35-62-51)45-37-41(24-17-20-32-59)44(26-18-21-33-60)52-46-38-43(64-40-42-25-15-16-27-47(42)56)29-30-49(46)66-55(50,53(45)52)65-34-6-3/h6,15-16,25,27,29-30,37-38,41,44,50-53,59-60H,3-5,7-14,17-24,26,28,31-36,39-40H2,1-2H3/t41-,44+,50-,51?,52+,53+,55+/m0/s1. The van der Waals surface area contributed by atoms with Gasteiger partial charge >= 0.3 is 6.09 Å². The first-order valence-electron chi connectivity index (χ1n) is 26.0. The Hall–Kier alpha value is -3.97. The number of amides is 1. The lowest BCUT2D eigenvalue weighted by Crippen LogP contribution is -2.70. The Morgan fingerprint density at radius 1 is 0.925 bits per heavy atom. The molecule has 0 bridgehead atoms. The predicted molar refractivity (Wildman–Crippen MR) is 261 cm³/mol. The minimum atomic E-state index is -1.40. The Morgan fingerprint density at radius 3 is 2.37 bits per heavy atom. The Balaban J connectivity index is 1.41. The van der Waals surface area contributed by atoms with E-state index in [1.54, 1.807) is 24.3 Å². The van der Waals surface area contributed by atoms with Gasteiger partial charge in [0.15, 0.2) is 0 Å².